The highest BCUT2D eigenvalue weighted by Gasteiger charge is 2.34. The number of likely N-dealkylation sites (N-methyl/N-ethyl adjacent to an activating group) is 1. The van der Waals surface area contributed by atoms with Gasteiger partial charge in [0.1, 0.15) is 5.82 Å². The number of benzene rings is 1. The minimum absolute atomic E-state index is 0.126. The van der Waals surface area contributed by atoms with Crippen molar-refractivity contribution in [1.29, 1.82) is 0 Å². The van der Waals surface area contributed by atoms with Gasteiger partial charge in [0.15, 0.2) is 0 Å². The van der Waals surface area contributed by atoms with Crippen molar-refractivity contribution in [3.8, 4) is 0 Å². The van der Waals surface area contributed by atoms with Gasteiger partial charge in [0, 0.05) is 24.7 Å². The lowest BCUT2D eigenvalue weighted by Gasteiger charge is -2.30. The minimum atomic E-state index is -0.126. The normalized spacial score (nSPS) is 22.7. The van der Waals surface area contributed by atoms with Crippen LogP contribution >= 0.6 is 0 Å². The van der Waals surface area contributed by atoms with E-state index in [1.807, 2.05) is 12.1 Å². The first-order valence-electron chi connectivity index (χ1n) is 6.30. The average Bonchev–Trinajstić information content (AvgIpc) is 2.63. The number of nitrogens with zero attached hydrogens (tertiary/aromatic N) is 1. The smallest absolute Gasteiger partial charge is 0.146 e. The molecule has 0 radical (unpaired) electrons. The molecule has 0 aromatic heterocycles. The third kappa shape index (κ3) is 2.60. The van der Waals surface area contributed by atoms with Gasteiger partial charge in [-0.25, -0.2) is 4.39 Å². The Bertz CT molecular complexity index is 390. The Morgan fingerprint density at radius 2 is 2.12 bits per heavy atom. The number of hydrogen-bond donors (Lipinski definition) is 1. The zero-order valence-electron chi connectivity index (χ0n) is 10.8. The molecule has 94 valence electrons. The molecule has 0 aliphatic carbocycles. The molecule has 1 aliphatic heterocycles. The van der Waals surface area contributed by atoms with Gasteiger partial charge in [0.25, 0.3) is 0 Å². The standard InChI is InChI=1S/C14H21FN2/c1-4-17(11-9-14(2,3)16-10-11)13-8-6-5-7-12(13)15/h5-8,11,16H,4,9-10H2,1-3H3. The van der Waals surface area contributed by atoms with Gasteiger partial charge in [-0.3, -0.25) is 0 Å². The van der Waals surface area contributed by atoms with E-state index < -0.39 is 0 Å². The topological polar surface area (TPSA) is 15.3 Å². The van der Waals surface area contributed by atoms with Gasteiger partial charge < -0.3 is 10.2 Å². The molecule has 0 amide bonds. The fourth-order valence-electron chi connectivity index (χ4n) is 2.66. The second-order valence-corrected chi connectivity index (χ2v) is 5.36. The Kier molecular flexibility index (Phi) is 3.38. The maximum Gasteiger partial charge on any atom is 0.146 e. The Hall–Kier alpha value is -1.09. The van der Waals surface area contributed by atoms with E-state index >= 15 is 0 Å². The summed E-state index contributed by atoms with van der Waals surface area (Å²) in [6.45, 7) is 8.24. The van der Waals surface area contributed by atoms with Gasteiger partial charge in [-0.15, -0.1) is 0 Å². The van der Waals surface area contributed by atoms with Crippen molar-refractivity contribution < 1.29 is 4.39 Å². The highest BCUT2D eigenvalue weighted by molar-refractivity contribution is 5.49. The molecule has 0 spiro atoms. The van der Waals surface area contributed by atoms with Crippen LogP contribution in [0.3, 0.4) is 0 Å². The Labute approximate surface area is 103 Å². The molecule has 0 bridgehead atoms. The number of hydrogen-bond acceptors (Lipinski definition) is 2. The Morgan fingerprint density at radius 1 is 1.41 bits per heavy atom. The van der Waals surface area contributed by atoms with E-state index in [0.717, 1.165) is 25.2 Å². The predicted octanol–water partition coefficient (Wildman–Crippen LogP) is 2.79. The van der Waals surface area contributed by atoms with Crippen LogP contribution in [0.15, 0.2) is 24.3 Å². The van der Waals surface area contributed by atoms with Crippen LogP contribution in [0.1, 0.15) is 27.2 Å². The van der Waals surface area contributed by atoms with Gasteiger partial charge in [-0.2, -0.15) is 0 Å². The highest BCUT2D eigenvalue weighted by Crippen LogP contribution is 2.28. The van der Waals surface area contributed by atoms with E-state index in [1.165, 1.54) is 6.07 Å². The van der Waals surface area contributed by atoms with Gasteiger partial charge in [0.05, 0.1) is 5.69 Å². The molecule has 1 saturated heterocycles. The number of halogens is 1. The minimum Gasteiger partial charge on any atom is -0.365 e. The molecule has 3 heteroatoms. The first-order chi connectivity index (χ1) is 8.03. The van der Waals surface area contributed by atoms with E-state index in [1.54, 1.807) is 6.07 Å². The van der Waals surface area contributed by atoms with Crippen molar-refractivity contribution in [3.63, 3.8) is 0 Å². The number of para-hydroxylation sites is 1. The van der Waals surface area contributed by atoms with Crippen molar-refractivity contribution in [2.45, 2.75) is 38.8 Å². The van der Waals surface area contributed by atoms with Gasteiger partial charge >= 0.3 is 0 Å². The van der Waals surface area contributed by atoms with Crippen LogP contribution in [0.2, 0.25) is 0 Å². The van der Waals surface area contributed by atoms with Crippen LogP contribution < -0.4 is 10.2 Å². The van der Waals surface area contributed by atoms with E-state index in [9.17, 15) is 4.39 Å². The molecule has 1 fully saturated rings. The second-order valence-electron chi connectivity index (χ2n) is 5.36. The molecule has 1 N–H and O–H groups in total. The molecule has 1 aromatic carbocycles. The third-order valence-electron chi connectivity index (χ3n) is 3.51. The maximum atomic E-state index is 13.8. The number of rotatable bonds is 3. The average molecular weight is 236 g/mol. The second kappa shape index (κ2) is 4.65. The largest absolute Gasteiger partial charge is 0.365 e. The third-order valence-corrected chi connectivity index (χ3v) is 3.51. The van der Waals surface area contributed by atoms with E-state index in [4.69, 9.17) is 0 Å². The van der Waals surface area contributed by atoms with Crippen molar-refractivity contribution in [1.82, 2.24) is 5.32 Å². The summed E-state index contributed by atoms with van der Waals surface area (Å²) < 4.78 is 13.8. The lowest BCUT2D eigenvalue weighted by Crippen LogP contribution is -2.37. The van der Waals surface area contributed by atoms with Crippen LogP contribution in [0.25, 0.3) is 0 Å². The molecule has 2 rings (SSSR count). The first-order valence-corrected chi connectivity index (χ1v) is 6.30. The molecular weight excluding hydrogens is 215 g/mol. The van der Waals surface area contributed by atoms with Crippen molar-refractivity contribution in [3.05, 3.63) is 30.1 Å². The summed E-state index contributed by atoms with van der Waals surface area (Å²) in [4.78, 5) is 2.16. The highest BCUT2D eigenvalue weighted by atomic mass is 19.1. The van der Waals surface area contributed by atoms with E-state index in [-0.39, 0.29) is 11.4 Å². The van der Waals surface area contributed by atoms with Gasteiger partial charge in [-0.1, -0.05) is 12.1 Å². The zero-order valence-corrected chi connectivity index (χ0v) is 10.8. The van der Waals surface area contributed by atoms with Crippen LogP contribution in [-0.4, -0.2) is 24.7 Å². The lowest BCUT2D eigenvalue weighted by atomic mass is 10.0. The summed E-state index contributed by atoms with van der Waals surface area (Å²) >= 11 is 0. The summed E-state index contributed by atoms with van der Waals surface area (Å²) in [5.41, 5.74) is 0.878. The first kappa shape index (κ1) is 12.4. The molecule has 1 heterocycles. The summed E-state index contributed by atoms with van der Waals surface area (Å²) in [6, 6.07) is 7.42. The molecule has 1 atom stereocenters. The fourth-order valence-corrected chi connectivity index (χ4v) is 2.66. The zero-order chi connectivity index (χ0) is 12.5. The maximum absolute atomic E-state index is 13.8. The molecule has 17 heavy (non-hydrogen) atoms. The number of nitrogens with one attached hydrogen (secondary N) is 1. The monoisotopic (exact) mass is 236 g/mol. The summed E-state index contributed by atoms with van der Waals surface area (Å²) in [6.07, 6.45) is 1.05. The van der Waals surface area contributed by atoms with Gasteiger partial charge in [0.2, 0.25) is 0 Å². The molecule has 1 aromatic rings. The van der Waals surface area contributed by atoms with Crippen molar-refractivity contribution >= 4 is 5.69 Å². The summed E-state index contributed by atoms with van der Waals surface area (Å²) in [7, 11) is 0. The van der Waals surface area contributed by atoms with Crippen LogP contribution in [0.5, 0.6) is 0 Å². The SMILES string of the molecule is CCN(c1ccccc1F)C1CNC(C)(C)C1. The van der Waals surface area contributed by atoms with Crippen LogP contribution in [-0.2, 0) is 0 Å². The molecular formula is C14H21FN2. The van der Waals surface area contributed by atoms with Crippen molar-refractivity contribution in [2.75, 3.05) is 18.0 Å². The quantitative estimate of drug-likeness (QED) is 0.868. The number of anilines is 1. The Morgan fingerprint density at radius 3 is 2.65 bits per heavy atom. The summed E-state index contributed by atoms with van der Waals surface area (Å²) in [5.74, 6) is -0.126. The molecule has 1 aliphatic rings. The molecule has 2 nitrogen and oxygen atoms in total. The lowest BCUT2D eigenvalue weighted by molar-refractivity contribution is 0.452. The fraction of sp³-hybridized carbons (Fsp3) is 0.571. The van der Waals surface area contributed by atoms with E-state index in [2.05, 4.69) is 31.0 Å². The van der Waals surface area contributed by atoms with Crippen LogP contribution in [0, 0.1) is 5.82 Å². The van der Waals surface area contributed by atoms with Crippen LogP contribution in [0.4, 0.5) is 10.1 Å². The Balaban J connectivity index is 2.21. The van der Waals surface area contributed by atoms with Crippen molar-refractivity contribution in [2.24, 2.45) is 0 Å². The summed E-state index contributed by atoms with van der Waals surface area (Å²) in [5, 5.41) is 3.49. The van der Waals surface area contributed by atoms with Gasteiger partial charge in [-0.05, 0) is 39.3 Å². The molecule has 0 saturated carbocycles. The van der Waals surface area contributed by atoms with E-state index in [0.29, 0.717) is 6.04 Å². The molecule has 1 unspecified atom stereocenters. The predicted molar refractivity (Wildman–Crippen MR) is 69.9 cm³/mol.